The Morgan fingerprint density at radius 1 is 1.12 bits per heavy atom. The monoisotopic (exact) mass is 375 g/mol. The van der Waals surface area contributed by atoms with Crippen molar-refractivity contribution in [1.29, 1.82) is 0 Å². The molecule has 2 aromatic rings. The van der Waals surface area contributed by atoms with Gasteiger partial charge in [-0.3, -0.25) is 14.5 Å². The molecule has 2 heterocycles. The number of methoxy groups -OCH3 is 1. The van der Waals surface area contributed by atoms with Crippen molar-refractivity contribution >= 4 is 27.5 Å². The number of nitrogens with one attached hydrogen (secondary N) is 1. The van der Waals surface area contributed by atoms with Gasteiger partial charge in [0, 0.05) is 31.6 Å². The number of pyridine rings is 1. The predicted octanol–water partition coefficient (Wildman–Crippen LogP) is 1.22. The number of amides is 2. The lowest BCUT2D eigenvalue weighted by Gasteiger charge is -2.14. The quantitative estimate of drug-likeness (QED) is 0.761. The Morgan fingerprint density at radius 3 is 2.38 bits per heavy atom. The van der Waals surface area contributed by atoms with Crippen LogP contribution in [0.2, 0.25) is 0 Å². The highest BCUT2D eigenvalue weighted by Crippen LogP contribution is 2.24. The van der Waals surface area contributed by atoms with Crippen LogP contribution in [0.25, 0.3) is 0 Å². The molecule has 0 bridgehead atoms. The van der Waals surface area contributed by atoms with E-state index in [1.807, 2.05) is 0 Å². The minimum atomic E-state index is -3.74. The van der Waals surface area contributed by atoms with Crippen LogP contribution < -0.4 is 14.4 Å². The van der Waals surface area contributed by atoms with Gasteiger partial charge in [-0.15, -0.1) is 0 Å². The van der Waals surface area contributed by atoms with Gasteiger partial charge in [-0.2, -0.15) is 0 Å². The van der Waals surface area contributed by atoms with Crippen LogP contribution in [0.5, 0.6) is 5.88 Å². The molecule has 1 aliphatic rings. The normalized spacial score (nSPS) is 14.7. The summed E-state index contributed by atoms with van der Waals surface area (Å²) in [5.74, 6) is -0.170. The Bertz CT molecular complexity index is 925. The van der Waals surface area contributed by atoms with Gasteiger partial charge in [-0.05, 0) is 35.9 Å². The van der Waals surface area contributed by atoms with E-state index < -0.39 is 10.0 Å². The third kappa shape index (κ3) is 3.73. The van der Waals surface area contributed by atoms with Crippen LogP contribution in [0.15, 0.2) is 47.5 Å². The molecule has 3 rings (SSSR count). The van der Waals surface area contributed by atoms with Crippen molar-refractivity contribution in [3.63, 3.8) is 0 Å². The summed E-state index contributed by atoms with van der Waals surface area (Å²) >= 11 is 0. The number of nitrogens with zero attached hydrogens (tertiary/aromatic N) is 2. The summed E-state index contributed by atoms with van der Waals surface area (Å²) in [5, 5.41) is 0. The van der Waals surface area contributed by atoms with Gasteiger partial charge < -0.3 is 4.74 Å². The maximum Gasteiger partial charge on any atom is 0.240 e. The third-order valence-corrected chi connectivity index (χ3v) is 5.35. The number of hydrogen-bond acceptors (Lipinski definition) is 6. The van der Waals surface area contributed by atoms with Crippen molar-refractivity contribution in [1.82, 2.24) is 9.71 Å². The van der Waals surface area contributed by atoms with Crippen LogP contribution in [0, 0.1) is 0 Å². The summed E-state index contributed by atoms with van der Waals surface area (Å²) in [7, 11) is -2.27. The molecule has 26 heavy (non-hydrogen) atoms. The molecular weight excluding hydrogens is 358 g/mol. The predicted molar refractivity (Wildman–Crippen MR) is 93.0 cm³/mol. The van der Waals surface area contributed by atoms with Crippen molar-refractivity contribution < 1.29 is 22.7 Å². The third-order valence-electron chi connectivity index (χ3n) is 3.93. The summed E-state index contributed by atoms with van der Waals surface area (Å²) in [6.07, 6.45) is 1.88. The van der Waals surface area contributed by atoms with Gasteiger partial charge in [-0.25, -0.2) is 18.1 Å². The number of carbonyl (C=O) groups excluding carboxylic acids is 2. The van der Waals surface area contributed by atoms with Crippen LogP contribution in [-0.4, -0.2) is 32.3 Å². The van der Waals surface area contributed by atoms with Gasteiger partial charge in [0.05, 0.1) is 17.7 Å². The number of imide groups is 1. The number of anilines is 1. The topological polar surface area (TPSA) is 106 Å². The Kier molecular flexibility index (Phi) is 5.01. The number of rotatable bonds is 6. The fraction of sp³-hybridized carbons (Fsp3) is 0.235. The van der Waals surface area contributed by atoms with E-state index in [4.69, 9.17) is 4.74 Å². The molecule has 1 saturated heterocycles. The highest BCUT2D eigenvalue weighted by molar-refractivity contribution is 7.89. The molecule has 1 N–H and O–H groups in total. The van der Waals surface area contributed by atoms with Gasteiger partial charge in [0.2, 0.25) is 27.7 Å². The number of carbonyl (C=O) groups is 2. The fourth-order valence-electron chi connectivity index (χ4n) is 2.57. The molecule has 0 unspecified atom stereocenters. The van der Waals surface area contributed by atoms with E-state index >= 15 is 0 Å². The highest BCUT2D eigenvalue weighted by Gasteiger charge is 2.30. The first-order valence-corrected chi connectivity index (χ1v) is 9.33. The summed E-state index contributed by atoms with van der Waals surface area (Å²) in [6, 6.07) is 8.94. The zero-order chi connectivity index (χ0) is 18.7. The Balaban J connectivity index is 1.73. The smallest absolute Gasteiger partial charge is 0.240 e. The molecule has 8 nitrogen and oxygen atoms in total. The molecule has 2 amide bonds. The molecule has 0 spiro atoms. The van der Waals surface area contributed by atoms with Gasteiger partial charge in [-0.1, -0.05) is 0 Å². The van der Waals surface area contributed by atoms with E-state index in [2.05, 4.69) is 9.71 Å². The molecular formula is C17H17N3O5S. The van der Waals surface area contributed by atoms with Crippen LogP contribution >= 0.6 is 0 Å². The minimum Gasteiger partial charge on any atom is -0.481 e. The van der Waals surface area contributed by atoms with E-state index in [9.17, 15) is 18.0 Å². The zero-order valence-corrected chi connectivity index (χ0v) is 14.8. The summed E-state index contributed by atoms with van der Waals surface area (Å²) in [5.41, 5.74) is 1.07. The number of hydrogen-bond donors (Lipinski definition) is 1. The first-order valence-electron chi connectivity index (χ1n) is 7.85. The molecule has 0 radical (unpaired) electrons. The highest BCUT2D eigenvalue weighted by atomic mass is 32.2. The van der Waals surface area contributed by atoms with Crippen molar-refractivity contribution in [2.24, 2.45) is 0 Å². The van der Waals surface area contributed by atoms with Gasteiger partial charge >= 0.3 is 0 Å². The number of aromatic nitrogens is 1. The van der Waals surface area contributed by atoms with E-state index in [-0.39, 0.29) is 36.1 Å². The van der Waals surface area contributed by atoms with Crippen molar-refractivity contribution in [3.05, 3.63) is 48.2 Å². The second kappa shape index (κ2) is 7.22. The van der Waals surface area contributed by atoms with E-state index in [1.165, 1.54) is 37.6 Å². The molecule has 9 heteroatoms. The summed E-state index contributed by atoms with van der Waals surface area (Å²) < 4.78 is 32.3. The van der Waals surface area contributed by atoms with Crippen molar-refractivity contribution in [3.8, 4) is 5.88 Å². The lowest BCUT2D eigenvalue weighted by Crippen LogP contribution is -2.28. The average Bonchev–Trinajstić information content (AvgIpc) is 2.99. The summed E-state index contributed by atoms with van der Waals surface area (Å²) in [4.78, 5) is 28.6. The summed E-state index contributed by atoms with van der Waals surface area (Å²) in [6.45, 7) is 0.0755. The molecule has 1 aromatic heterocycles. The van der Waals surface area contributed by atoms with Crippen LogP contribution in [-0.2, 0) is 26.2 Å². The second-order valence-corrected chi connectivity index (χ2v) is 7.41. The molecule has 1 aromatic carbocycles. The second-order valence-electron chi connectivity index (χ2n) is 5.65. The van der Waals surface area contributed by atoms with Gasteiger partial charge in [0.25, 0.3) is 0 Å². The number of ether oxygens (including phenoxy) is 1. The lowest BCUT2D eigenvalue weighted by atomic mass is 10.3. The van der Waals surface area contributed by atoms with E-state index in [0.717, 1.165) is 4.90 Å². The average molecular weight is 375 g/mol. The molecule has 1 fully saturated rings. The largest absolute Gasteiger partial charge is 0.481 e. The lowest BCUT2D eigenvalue weighted by molar-refractivity contribution is -0.121. The van der Waals surface area contributed by atoms with Crippen LogP contribution in [0.4, 0.5) is 5.69 Å². The maximum absolute atomic E-state index is 12.4. The van der Waals surface area contributed by atoms with E-state index in [1.54, 1.807) is 12.1 Å². The standard InChI is InChI=1S/C17H17N3O5S/c1-25-15-10-12(8-9-18-15)11-19-26(23,24)14-4-2-13(3-5-14)20-16(21)6-7-17(20)22/h2-5,8-10,19H,6-7,11H2,1H3. The zero-order valence-electron chi connectivity index (χ0n) is 14.0. The minimum absolute atomic E-state index is 0.0429. The first kappa shape index (κ1) is 18.0. The fourth-order valence-corrected chi connectivity index (χ4v) is 3.59. The van der Waals surface area contributed by atoms with E-state index in [0.29, 0.717) is 17.1 Å². The Labute approximate surface area is 150 Å². The first-order chi connectivity index (χ1) is 12.4. The Hall–Kier alpha value is -2.78. The molecule has 0 atom stereocenters. The molecule has 136 valence electrons. The van der Waals surface area contributed by atoms with Crippen LogP contribution in [0.1, 0.15) is 18.4 Å². The van der Waals surface area contributed by atoms with Crippen molar-refractivity contribution in [2.45, 2.75) is 24.3 Å². The molecule has 0 saturated carbocycles. The maximum atomic E-state index is 12.4. The SMILES string of the molecule is COc1cc(CNS(=O)(=O)c2ccc(N3C(=O)CCC3=O)cc2)ccn1. The Morgan fingerprint density at radius 2 is 1.77 bits per heavy atom. The molecule has 1 aliphatic heterocycles. The van der Waals surface area contributed by atoms with Crippen LogP contribution in [0.3, 0.4) is 0 Å². The number of sulfonamides is 1. The van der Waals surface area contributed by atoms with Gasteiger partial charge in [0.15, 0.2) is 0 Å². The molecule has 0 aliphatic carbocycles. The van der Waals surface area contributed by atoms with Gasteiger partial charge in [0.1, 0.15) is 0 Å². The number of benzene rings is 1. The van der Waals surface area contributed by atoms with Crippen molar-refractivity contribution in [2.75, 3.05) is 12.0 Å².